The average Bonchev–Trinajstić information content (AvgIpc) is 2.46. The zero-order valence-corrected chi connectivity index (χ0v) is 10.8. The molecule has 1 saturated heterocycles. The zero-order chi connectivity index (χ0) is 12.2. The Labute approximate surface area is 108 Å². The monoisotopic (exact) mass is 247 g/mol. The van der Waals surface area contributed by atoms with Gasteiger partial charge in [-0.15, -0.1) is 0 Å². The molecule has 1 aromatic rings. The number of rotatable bonds is 3. The minimum atomic E-state index is 0.632. The quantitative estimate of drug-likeness (QED) is 0.883. The molecule has 0 amide bonds. The van der Waals surface area contributed by atoms with E-state index in [1.807, 2.05) is 0 Å². The van der Waals surface area contributed by atoms with Crippen LogP contribution in [0.5, 0.6) is 5.88 Å². The summed E-state index contributed by atoms with van der Waals surface area (Å²) in [5, 5.41) is 3.42. The van der Waals surface area contributed by atoms with Gasteiger partial charge in [-0.2, -0.15) is 0 Å². The molecule has 1 aliphatic carbocycles. The number of hydrogen-bond acceptors (Lipinski definition) is 4. The normalized spacial score (nSPS) is 23.4. The molecule has 1 atom stereocenters. The Morgan fingerprint density at radius 1 is 1.22 bits per heavy atom. The van der Waals surface area contributed by atoms with Crippen molar-refractivity contribution < 1.29 is 4.74 Å². The van der Waals surface area contributed by atoms with E-state index in [1.165, 1.54) is 36.9 Å². The van der Waals surface area contributed by atoms with Gasteiger partial charge in [0, 0.05) is 18.0 Å². The van der Waals surface area contributed by atoms with Gasteiger partial charge in [0.05, 0.1) is 12.3 Å². The van der Waals surface area contributed by atoms with Crippen LogP contribution in [0.3, 0.4) is 0 Å². The number of piperidine rings is 1. The molecule has 2 heterocycles. The van der Waals surface area contributed by atoms with Gasteiger partial charge in [0.1, 0.15) is 6.33 Å². The third-order valence-electron chi connectivity index (χ3n) is 3.94. The number of nitrogens with zero attached hydrogens (tertiary/aromatic N) is 2. The van der Waals surface area contributed by atoms with E-state index in [9.17, 15) is 0 Å². The average molecular weight is 247 g/mol. The van der Waals surface area contributed by atoms with Crippen LogP contribution in [0.1, 0.15) is 36.9 Å². The summed E-state index contributed by atoms with van der Waals surface area (Å²) in [7, 11) is 0. The van der Waals surface area contributed by atoms with Crippen molar-refractivity contribution in [3.63, 3.8) is 0 Å². The predicted octanol–water partition coefficient (Wildman–Crippen LogP) is 1.73. The highest BCUT2D eigenvalue weighted by molar-refractivity contribution is 5.31. The number of nitrogens with one attached hydrogen (secondary N) is 1. The number of aromatic nitrogens is 2. The van der Waals surface area contributed by atoms with Crippen LogP contribution >= 0.6 is 0 Å². The van der Waals surface area contributed by atoms with Crippen LogP contribution in [0.15, 0.2) is 6.33 Å². The van der Waals surface area contributed by atoms with E-state index in [4.69, 9.17) is 4.74 Å². The molecule has 2 aliphatic rings. The van der Waals surface area contributed by atoms with Crippen LogP contribution in [0.4, 0.5) is 0 Å². The molecule has 0 radical (unpaired) electrons. The largest absolute Gasteiger partial charge is 0.477 e. The summed E-state index contributed by atoms with van der Waals surface area (Å²) in [6.07, 6.45) is 8.82. The Kier molecular flexibility index (Phi) is 3.74. The summed E-state index contributed by atoms with van der Waals surface area (Å²) >= 11 is 0. The molecule has 3 rings (SSSR count). The fraction of sp³-hybridized carbons (Fsp3) is 0.714. The van der Waals surface area contributed by atoms with E-state index < -0.39 is 0 Å². The first-order valence-electron chi connectivity index (χ1n) is 7.10. The molecule has 1 N–H and O–H groups in total. The van der Waals surface area contributed by atoms with Gasteiger partial charge in [0.2, 0.25) is 5.88 Å². The maximum Gasteiger partial charge on any atom is 0.219 e. The summed E-state index contributed by atoms with van der Waals surface area (Å²) in [5.74, 6) is 1.47. The lowest BCUT2D eigenvalue weighted by molar-refractivity contribution is 0.209. The second-order valence-electron chi connectivity index (χ2n) is 5.33. The van der Waals surface area contributed by atoms with Gasteiger partial charge in [-0.3, -0.25) is 0 Å². The summed E-state index contributed by atoms with van der Waals surface area (Å²) in [5.41, 5.74) is 2.46. The van der Waals surface area contributed by atoms with Gasteiger partial charge in [-0.25, -0.2) is 9.97 Å². The predicted molar refractivity (Wildman–Crippen MR) is 69.8 cm³/mol. The van der Waals surface area contributed by atoms with Crippen LogP contribution in [-0.4, -0.2) is 29.7 Å². The minimum absolute atomic E-state index is 0.632. The van der Waals surface area contributed by atoms with E-state index in [2.05, 4.69) is 15.3 Å². The molecule has 18 heavy (non-hydrogen) atoms. The smallest absolute Gasteiger partial charge is 0.219 e. The van der Waals surface area contributed by atoms with Crippen molar-refractivity contribution in [3.05, 3.63) is 17.6 Å². The van der Waals surface area contributed by atoms with Crippen molar-refractivity contribution in [1.82, 2.24) is 15.3 Å². The molecule has 4 nitrogen and oxygen atoms in total. The van der Waals surface area contributed by atoms with E-state index in [-0.39, 0.29) is 0 Å². The number of aryl methyl sites for hydroxylation is 1. The van der Waals surface area contributed by atoms with Gasteiger partial charge in [0.15, 0.2) is 0 Å². The van der Waals surface area contributed by atoms with Gasteiger partial charge in [-0.1, -0.05) is 0 Å². The Bertz CT molecular complexity index is 402. The summed E-state index contributed by atoms with van der Waals surface area (Å²) in [6, 6.07) is 0. The lowest BCUT2D eigenvalue weighted by Gasteiger charge is -2.24. The highest BCUT2D eigenvalue weighted by Gasteiger charge is 2.18. The molecule has 0 aromatic carbocycles. The SMILES string of the molecule is c1nc2c(c(OCC3CCCNC3)n1)CCCC2. The highest BCUT2D eigenvalue weighted by atomic mass is 16.5. The van der Waals surface area contributed by atoms with E-state index in [1.54, 1.807) is 6.33 Å². The topological polar surface area (TPSA) is 47.0 Å². The van der Waals surface area contributed by atoms with E-state index in [0.29, 0.717) is 5.92 Å². The highest BCUT2D eigenvalue weighted by Crippen LogP contribution is 2.26. The number of ether oxygens (including phenoxy) is 1. The first kappa shape index (κ1) is 11.9. The second kappa shape index (κ2) is 5.65. The molecule has 0 spiro atoms. The lowest BCUT2D eigenvalue weighted by atomic mass is 9.97. The molecular weight excluding hydrogens is 226 g/mol. The van der Waals surface area contributed by atoms with Gasteiger partial charge in [0.25, 0.3) is 0 Å². The molecular formula is C14H21N3O. The number of hydrogen-bond donors (Lipinski definition) is 1. The summed E-state index contributed by atoms with van der Waals surface area (Å²) in [6.45, 7) is 3.02. The Morgan fingerprint density at radius 2 is 2.17 bits per heavy atom. The molecule has 98 valence electrons. The van der Waals surface area contributed by atoms with E-state index >= 15 is 0 Å². The molecule has 1 unspecified atom stereocenters. The van der Waals surface area contributed by atoms with Crippen molar-refractivity contribution in [2.45, 2.75) is 38.5 Å². The zero-order valence-electron chi connectivity index (χ0n) is 10.8. The first-order valence-corrected chi connectivity index (χ1v) is 7.10. The van der Waals surface area contributed by atoms with Gasteiger partial charge in [-0.05, 0) is 45.1 Å². The second-order valence-corrected chi connectivity index (χ2v) is 5.33. The van der Waals surface area contributed by atoms with Gasteiger partial charge >= 0.3 is 0 Å². The fourth-order valence-electron chi connectivity index (χ4n) is 2.88. The Hall–Kier alpha value is -1.16. The van der Waals surface area contributed by atoms with Gasteiger partial charge < -0.3 is 10.1 Å². The third kappa shape index (κ3) is 2.64. The molecule has 0 bridgehead atoms. The van der Waals surface area contributed by atoms with E-state index in [0.717, 1.165) is 38.4 Å². The maximum atomic E-state index is 5.95. The lowest BCUT2D eigenvalue weighted by Crippen LogP contribution is -2.33. The van der Waals surface area contributed by atoms with Crippen LogP contribution < -0.4 is 10.1 Å². The third-order valence-corrected chi connectivity index (χ3v) is 3.94. The molecule has 4 heteroatoms. The van der Waals surface area contributed by atoms with Crippen LogP contribution in [0.2, 0.25) is 0 Å². The van der Waals surface area contributed by atoms with Crippen LogP contribution in [0, 0.1) is 5.92 Å². The van der Waals surface area contributed by atoms with Crippen molar-refractivity contribution in [3.8, 4) is 5.88 Å². The fourth-order valence-corrected chi connectivity index (χ4v) is 2.88. The van der Waals surface area contributed by atoms with Crippen molar-refractivity contribution in [2.75, 3.05) is 19.7 Å². The molecule has 1 fully saturated rings. The van der Waals surface area contributed by atoms with Crippen LogP contribution in [-0.2, 0) is 12.8 Å². The molecule has 1 aliphatic heterocycles. The van der Waals surface area contributed by atoms with Crippen LogP contribution in [0.25, 0.3) is 0 Å². The van der Waals surface area contributed by atoms with Crippen molar-refractivity contribution in [1.29, 1.82) is 0 Å². The Balaban J connectivity index is 1.65. The van der Waals surface area contributed by atoms with Crippen molar-refractivity contribution in [2.24, 2.45) is 5.92 Å². The summed E-state index contributed by atoms with van der Waals surface area (Å²) in [4.78, 5) is 8.69. The Morgan fingerprint density at radius 3 is 3.06 bits per heavy atom. The summed E-state index contributed by atoms with van der Waals surface area (Å²) < 4.78 is 5.95. The standard InChI is InChI=1S/C14H21N3O/c1-2-6-13-12(5-1)14(17-10-16-13)18-9-11-4-3-7-15-8-11/h10-11,15H,1-9H2. The first-order chi connectivity index (χ1) is 8.93. The minimum Gasteiger partial charge on any atom is -0.477 e. The van der Waals surface area contributed by atoms with Crippen molar-refractivity contribution >= 4 is 0 Å². The number of fused-ring (bicyclic) bond motifs is 1. The molecule has 0 saturated carbocycles. The maximum absolute atomic E-state index is 5.95. The molecule has 1 aromatic heterocycles.